The molecule has 5 aromatic rings. The van der Waals surface area contributed by atoms with E-state index in [1.165, 1.54) is 11.1 Å². The van der Waals surface area contributed by atoms with Gasteiger partial charge in [0.25, 0.3) is 0 Å². The summed E-state index contributed by atoms with van der Waals surface area (Å²) in [6.45, 7) is 2.10. The Morgan fingerprint density at radius 2 is 1.22 bits per heavy atom. The summed E-state index contributed by atoms with van der Waals surface area (Å²) in [4.78, 5) is 9.31. The van der Waals surface area contributed by atoms with Gasteiger partial charge in [-0.25, -0.2) is 0 Å². The predicted octanol–water partition coefficient (Wildman–Crippen LogP) is 4.62. The molecule has 4 aromatic carbocycles. The molecule has 0 amide bonds. The lowest BCUT2D eigenvalue weighted by molar-refractivity contribution is 0.426. The third-order valence-corrected chi connectivity index (χ3v) is 5.62. The first kappa shape index (κ1) is 20.1. The molecule has 0 saturated carbocycles. The number of hydrogen-bond acceptors (Lipinski definition) is 4. The average Bonchev–Trinajstić information content (AvgIpc) is 2.83. The minimum absolute atomic E-state index is 0.440. The van der Waals surface area contributed by atoms with Crippen LogP contribution in [-0.2, 0) is 0 Å². The Hall–Kier alpha value is -3.80. The van der Waals surface area contributed by atoms with Gasteiger partial charge in [0, 0.05) is 23.5 Å². The van der Waals surface area contributed by atoms with Gasteiger partial charge in [-0.05, 0) is 46.3 Å². The lowest BCUT2D eigenvalue weighted by Crippen LogP contribution is -2.29. The summed E-state index contributed by atoms with van der Waals surface area (Å²) in [5.74, 6) is 0. The molecule has 5 rings (SSSR count). The molecular formula is C27H21BN2O2. The Morgan fingerprint density at radius 3 is 1.91 bits per heavy atom. The second-order valence-corrected chi connectivity index (χ2v) is 7.87. The van der Waals surface area contributed by atoms with Gasteiger partial charge in [0.15, 0.2) is 0 Å². The van der Waals surface area contributed by atoms with Gasteiger partial charge >= 0.3 is 7.12 Å². The summed E-state index contributed by atoms with van der Waals surface area (Å²) in [7, 11) is -1.52. The van der Waals surface area contributed by atoms with E-state index in [4.69, 9.17) is 0 Å². The van der Waals surface area contributed by atoms with Gasteiger partial charge in [-0.2, -0.15) is 0 Å². The number of benzene rings is 4. The van der Waals surface area contributed by atoms with Gasteiger partial charge in [0.1, 0.15) is 0 Å². The molecule has 0 aliphatic heterocycles. The first-order valence-corrected chi connectivity index (χ1v) is 10.5. The SMILES string of the molecule is Cc1cc(-c2ccccc2)cc(-c2ccc(-c3cccc(B(O)O)c3)c3nccnc23)c1. The van der Waals surface area contributed by atoms with Crippen molar-refractivity contribution in [2.24, 2.45) is 0 Å². The third-order valence-electron chi connectivity index (χ3n) is 5.62. The molecule has 0 radical (unpaired) electrons. The van der Waals surface area contributed by atoms with Gasteiger partial charge < -0.3 is 10.0 Å². The molecule has 2 N–H and O–H groups in total. The van der Waals surface area contributed by atoms with Crippen molar-refractivity contribution in [1.29, 1.82) is 0 Å². The van der Waals surface area contributed by atoms with Crippen LogP contribution in [0.25, 0.3) is 44.4 Å². The molecule has 1 aromatic heterocycles. The standard InChI is InChI=1S/C27H21BN2O2/c1-18-14-21(19-6-3-2-4-7-19)16-22(15-18)25-11-10-24(26-27(25)30-13-12-29-26)20-8-5-9-23(17-20)28(31)32/h2-17,31-32H,1H3. The Labute approximate surface area is 187 Å². The molecular weight excluding hydrogens is 395 g/mol. The van der Waals surface area contributed by atoms with Crippen molar-refractivity contribution in [3.05, 3.63) is 103 Å². The second-order valence-electron chi connectivity index (χ2n) is 7.87. The Morgan fingerprint density at radius 1 is 0.594 bits per heavy atom. The molecule has 0 aliphatic carbocycles. The summed E-state index contributed by atoms with van der Waals surface area (Å²) >= 11 is 0. The van der Waals surface area contributed by atoms with Gasteiger partial charge in [-0.3, -0.25) is 9.97 Å². The maximum Gasteiger partial charge on any atom is 0.488 e. The monoisotopic (exact) mass is 416 g/mol. The fourth-order valence-corrected chi connectivity index (χ4v) is 4.13. The highest BCUT2D eigenvalue weighted by Gasteiger charge is 2.15. The normalized spacial score (nSPS) is 11.0. The topological polar surface area (TPSA) is 66.2 Å². The molecule has 0 atom stereocenters. The van der Waals surface area contributed by atoms with Crippen LogP contribution in [0.15, 0.2) is 97.3 Å². The van der Waals surface area contributed by atoms with Crippen LogP contribution in [0, 0.1) is 6.92 Å². The van der Waals surface area contributed by atoms with E-state index >= 15 is 0 Å². The van der Waals surface area contributed by atoms with Crippen LogP contribution in [0.4, 0.5) is 0 Å². The van der Waals surface area contributed by atoms with E-state index in [0.29, 0.717) is 5.46 Å². The van der Waals surface area contributed by atoms with E-state index in [9.17, 15) is 10.0 Å². The van der Waals surface area contributed by atoms with Crippen molar-refractivity contribution in [2.75, 3.05) is 0 Å². The highest BCUT2D eigenvalue weighted by Crippen LogP contribution is 2.35. The molecule has 0 saturated heterocycles. The third kappa shape index (κ3) is 3.80. The Balaban J connectivity index is 1.69. The minimum Gasteiger partial charge on any atom is -0.423 e. The van der Waals surface area contributed by atoms with Gasteiger partial charge in [-0.1, -0.05) is 78.9 Å². The van der Waals surface area contributed by atoms with E-state index in [2.05, 4.69) is 53.3 Å². The second kappa shape index (κ2) is 8.38. The van der Waals surface area contributed by atoms with Crippen LogP contribution < -0.4 is 5.46 Å². The number of rotatable bonds is 4. The Kier molecular flexibility index (Phi) is 5.27. The van der Waals surface area contributed by atoms with Crippen LogP contribution in [0.2, 0.25) is 0 Å². The van der Waals surface area contributed by atoms with Gasteiger partial charge in [0.2, 0.25) is 0 Å². The molecule has 32 heavy (non-hydrogen) atoms. The molecule has 154 valence electrons. The van der Waals surface area contributed by atoms with Crippen LogP contribution in [0.5, 0.6) is 0 Å². The summed E-state index contributed by atoms with van der Waals surface area (Å²) in [5, 5.41) is 19.1. The lowest BCUT2D eigenvalue weighted by atomic mass is 9.79. The summed E-state index contributed by atoms with van der Waals surface area (Å²) in [6, 6.07) is 28.2. The van der Waals surface area contributed by atoms with Gasteiger partial charge in [0.05, 0.1) is 11.0 Å². The van der Waals surface area contributed by atoms with Gasteiger partial charge in [-0.15, -0.1) is 0 Å². The number of aryl methyl sites for hydroxylation is 1. The van der Waals surface area contributed by atoms with E-state index in [0.717, 1.165) is 38.9 Å². The molecule has 0 bridgehead atoms. The number of fused-ring (bicyclic) bond motifs is 1. The molecule has 0 spiro atoms. The van der Waals surface area contributed by atoms with Crippen molar-refractivity contribution in [3.63, 3.8) is 0 Å². The van der Waals surface area contributed by atoms with E-state index in [1.807, 2.05) is 36.4 Å². The van der Waals surface area contributed by atoms with Crippen molar-refractivity contribution >= 4 is 23.6 Å². The predicted molar refractivity (Wildman–Crippen MR) is 130 cm³/mol. The first-order chi connectivity index (χ1) is 15.6. The molecule has 1 heterocycles. The lowest BCUT2D eigenvalue weighted by Gasteiger charge is -2.13. The van der Waals surface area contributed by atoms with Crippen molar-refractivity contribution in [2.45, 2.75) is 6.92 Å². The zero-order valence-electron chi connectivity index (χ0n) is 17.6. The van der Waals surface area contributed by atoms with E-state index < -0.39 is 7.12 Å². The smallest absolute Gasteiger partial charge is 0.423 e. The molecule has 0 fully saturated rings. The number of hydrogen-bond donors (Lipinski definition) is 2. The minimum atomic E-state index is -1.52. The Bertz CT molecular complexity index is 1420. The molecule has 0 unspecified atom stereocenters. The zero-order valence-corrected chi connectivity index (χ0v) is 17.6. The van der Waals surface area contributed by atoms with Crippen molar-refractivity contribution in [1.82, 2.24) is 9.97 Å². The number of nitrogens with zero attached hydrogens (tertiary/aromatic N) is 2. The maximum atomic E-state index is 9.57. The quantitative estimate of drug-likeness (QED) is 0.420. The highest BCUT2D eigenvalue weighted by molar-refractivity contribution is 6.58. The maximum absolute atomic E-state index is 9.57. The summed E-state index contributed by atoms with van der Waals surface area (Å²) in [6.07, 6.45) is 3.39. The fraction of sp³-hybridized carbons (Fsp3) is 0.0370. The molecule has 0 aliphatic rings. The van der Waals surface area contributed by atoms with E-state index in [-0.39, 0.29) is 0 Å². The average molecular weight is 416 g/mol. The summed E-state index contributed by atoms with van der Waals surface area (Å²) in [5.41, 5.74) is 9.38. The van der Waals surface area contributed by atoms with Crippen molar-refractivity contribution in [3.8, 4) is 33.4 Å². The van der Waals surface area contributed by atoms with Crippen LogP contribution >= 0.6 is 0 Å². The zero-order chi connectivity index (χ0) is 22.1. The van der Waals surface area contributed by atoms with E-state index in [1.54, 1.807) is 24.5 Å². The van der Waals surface area contributed by atoms with Crippen LogP contribution in [0.1, 0.15) is 5.56 Å². The van der Waals surface area contributed by atoms with Crippen LogP contribution in [-0.4, -0.2) is 27.1 Å². The highest BCUT2D eigenvalue weighted by atomic mass is 16.4. The van der Waals surface area contributed by atoms with Crippen LogP contribution in [0.3, 0.4) is 0 Å². The van der Waals surface area contributed by atoms with Crippen molar-refractivity contribution < 1.29 is 10.0 Å². The largest absolute Gasteiger partial charge is 0.488 e. The molecule has 5 heteroatoms. The first-order valence-electron chi connectivity index (χ1n) is 10.5. The number of aromatic nitrogens is 2. The fourth-order valence-electron chi connectivity index (χ4n) is 4.13. The summed E-state index contributed by atoms with van der Waals surface area (Å²) < 4.78 is 0. The molecule has 4 nitrogen and oxygen atoms in total.